The predicted molar refractivity (Wildman–Crippen MR) is 82.6 cm³/mol. The summed E-state index contributed by atoms with van der Waals surface area (Å²) in [6.45, 7) is 4.69. The molecule has 0 bridgehead atoms. The van der Waals surface area contributed by atoms with E-state index in [0.29, 0.717) is 12.2 Å². The largest absolute Gasteiger partial charge is 0.378 e. The standard InChI is InChI=1S/C15H17N3O2S/c1-15(2,20)6-4-10-12-8-17(3)9-13-11(5-7-21-13)18(12)14(19)16-10/h5,7,20H,8-9H2,1-3H3,(H,16,19). The highest BCUT2D eigenvalue weighted by molar-refractivity contribution is 7.10. The SMILES string of the molecule is CN1Cc2sccc2-n2c(c(C#CC(C)(C)O)[nH]c2=O)C1. The Morgan fingerprint density at radius 1 is 1.43 bits per heavy atom. The van der Waals surface area contributed by atoms with Crippen molar-refractivity contribution in [2.24, 2.45) is 0 Å². The van der Waals surface area contributed by atoms with Crippen LogP contribution in [0.1, 0.15) is 30.1 Å². The molecule has 0 amide bonds. The van der Waals surface area contributed by atoms with Gasteiger partial charge in [0.15, 0.2) is 0 Å². The number of imidazole rings is 1. The Balaban J connectivity index is 2.20. The molecule has 6 heteroatoms. The third-order valence-corrected chi connectivity index (χ3v) is 4.18. The van der Waals surface area contributed by atoms with Gasteiger partial charge in [-0.1, -0.05) is 5.92 Å². The quantitative estimate of drug-likeness (QED) is 0.721. The molecule has 1 aliphatic heterocycles. The van der Waals surface area contributed by atoms with Crippen LogP contribution in [-0.2, 0) is 13.1 Å². The third kappa shape index (κ3) is 2.68. The van der Waals surface area contributed by atoms with Crippen molar-refractivity contribution in [3.05, 3.63) is 38.2 Å². The fourth-order valence-corrected chi connectivity index (χ4v) is 3.34. The maximum absolute atomic E-state index is 12.3. The predicted octanol–water partition coefficient (Wildman–Crippen LogP) is 1.29. The number of aromatic nitrogens is 2. The topological polar surface area (TPSA) is 61.3 Å². The lowest BCUT2D eigenvalue weighted by molar-refractivity contribution is 0.143. The van der Waals surface area contributed by atoms with E-state index in [2.05, 4.69) is 21.7 Å². The van der Waals surface area contributed by atoms with Crippen molar-refractivity contribution in [2.45, 2.75) is 32.5 Å². The lowest BCUT2D eigenvalue weighted by atomic mass is 10.1. The van der Waals surface area contributed by atoms with Crippen molar-refractivity contribution < 1.29 is 5.11 Å². The summed E-state index contributed by atoms with van der Waals surface area (Å²) in [6.07, 6.45) is 0. The van der Waals surface area contributed by atoms with Gasteiger partial charge in [-0.3, -0.25) is 14.5 Å². The van der Waals surface area contributed by atoms with Gasteiger partial charge in [-0.25, -0.2) is 4.79 Å². The maximum atomic E-state index is 12.3. The molecule has 0 spiro atoms. The molecule has 0 fully saturated rings. The van der Waals surface area contributed by atoms with Crippen LogP contribution in [0.5, 0.6) is 0 Å². The summed E-state index contributed by atoms with van der Waals surface area (Å²) in [5.74, 6) is 5.67. The van der Waals surface area contributed by atoms with Gasteiger partial charge in [0.2, 0.25) is 0 Å². The molecule has 0 saturated carbocycles. The minimum absolute atomic E-state index is 0.181. The van der Waals surface area contributed by atoms with Crippen molar-refractivity contribution >= 4 is 11.3 Å². The Morgan fingerprint density at radius 2 is 2.19 bits per heavy atom. The van der Waals surface area contributed by atoms with Gasteiger partial charge in [0.1, 0.15) is 11.3 Å². The number of hydrogen-bond donors (Lipinski definition) is 2. The fourth-order valence-electron chi connectivity index (χ4n) is 2.40. The Kier molecular flexibility index (Phi) is 3.29. The molecule has 5 nitrogen and oxygen atoms in total. The van der Waals surface area contributed by atoms with Crippen LogP contribution in [0.2, 0.25) is 0 Å². The molecule has 0 aliphatic carbocycles. The van der Waals surface area contributed by atoms with E-state index < -0.39 is 5.60 Å². The molecule has 2 aromatic heterocycles. The summed E-state index contributed by atoms with van der Waals surface area (Å²) in [5, 5.41) is 11.7. The molecule has 0 atom stereocenters. The van der Waals surface area contributed by atoms with E-state index >= 15 is 0 Å². The molecule has 110 valence electrons. The van der Waals surface area contributed by atoms with Gasteiger partial charge in [-0.15, -0.1) is 11.3 Å². The lowest BCUT2D eigenvalue weighted by Gasteiger charge is -2.12. The maximum Gasteiger partial charge on any atom is 0.331 e. The number of hydrogen-bond acceptors (Lipinski definition) is 4. The Morgan fingerprint density at radius 3 is 2.90 bits per heavy atom. The molecule has 2 N–H and O–H groups in total. The summed E-state index contributed by atoms with van der Waals surface area (Å²) < 4.78 is 1.70. The van der Waals surface area contributed by atoms with Crippen LogP contribution in [0.25, 0.3) is 5.69 Å². The zero-order chi connectivity index (χ0) is 15.2. The fraction of sp³-hybridized carbons (Fsp3) is 0.400. The summed E-state index contributed by atoms with van der Waals surface area (Å²) in [7, 11) is 2.02. The molecule has 0 saturated heterocycles. The molecule has 3 heterocycles. The second-order valence-corrected chi connectivity index (χ2v) is 6.80. The van der Waals surface area contributed by atoms with Crippen LogP contribution in [0.4, 0.5) is 0 Å². The van der Waals surface area contributed by atoms with Crippen molar-refractivity contribution in [1.82, 2.24) is 14.5 Å². The van der Waals surface area contributed by atoms with E-state index in [0.717, 1.165) is 17.9 Å². The molecule has 0 aromatic carbocycles. The number of fused-ring (bicyclic) bond motifs is 3. The first-order chi connectivity index (χ1) is 9.85. The van der Waals surface area contributed by atoms with Crippen molar-refractivity contribution in [3.8, 4) is 17.5 Å². The van der Waals surface area contributed by atoms with E-state index in [-0.39, 0.29) is 5.69 Å². The minimum Gasteiger partial charge on any atom is -0.378 e. The zero-order valence-corrected chi connectivity index (χ0v) is 13.0. The zero-order valence-electron chi connectivity index (χ0n) is 12.2. The van der Waals surface area contributed by atoms with E-state index in [1.54, 1.807) is 29.8 Å². The van der Waals surface area contributed by atoms with Crippen LogP contribution in [0.15, 0.2) is 16.2 Å². The summed E-state index contributed by atoms with van der Waals surface area (Å²) >= 11 is 1.65. The molecular formula is C15H17N3O2S. The Labute approximate surface area is 126 Å². The summed E-state index contributed by atoms with van der Waals surface area (Å²) in [5.41, 5.74) is 1.08. The third-order valence-electron chi connectivity index (χ3n) is 3.28. The van der Waals surface area contributed by atoms with Gasteiger partial charge >= 0.3 is 5.69 Å². The minimum atomic E-state index is -1.09. The summed E-state index contributed by atoms with van der Waals surface area (Å²) in [6, 6.07) is 1.96. The van der Waals surface area contributed by atoms with Crippen LogP contribution in [0, 0.1) is 11.8 Å². The van der Waals surface area contributed by atoms with Crippen LogP contribution >= 0.6 is 11.3 Å². The second kappa shape index (κ2) is 4.88. The number of aromatic amines is 1. The van der Waals surface area contributed by atoms with Crippen LogP contribution in [0.3, 0.4) is 0 Å². The second-order valence-electron chi connectivity index (χ2n) is 5.80. The first-order valence-electron chi connectivity index (χ1n) is 6.70. The number of H-pyrrole nitrogens is 1. The molecule has 2 aromatic rings. The molecule has 0 unspecified atom stereocenters. The first kappa shape index (κ1) is 14.1. The molecule has 3 rings (SSSR count). The van der Waals surface area contributed by atoms with E-state index in [1.165, 1.54) is 4.88 Å². The first-order valence-corrected chi connectivity index (χ1v) is 7.58. The van der Waals surface area contributed by atoms with Gasteiger partial charge in [0.05, 0.1) is 11.4 Å². The highest BCUT2D eigenvalue weighted by Gasteiger charge is 2.23. The van der Waals surface area contributed by atoms with E-state index in [1.807, 2.05) is 18.5 Å². The van der Waals surface area contributed by atoms with Crippen molar-refractivity contribution in [3.63, 3.8) is 0 Å². The monoisotopic (exact) mass is 303 g/mol. The average molecular weight is 303 g/mol. The van der Waals surface area contributed by atoms with Crippen molar-refractivity contribution in [1.29, 1.82) is 0 Å². The van der Waals surface area contributed by atoms with Gasteiger partial charge in [0.25, 0.3) is 0 Å². The lowest BCUT2D eigenvalue weighted by Crippen LogP contribution is -2.18. The number of rotatable bonds is 0. The summed E-state index contributed by atoms with van der Waals surface area (Å²) in [4.78, 5) is 18.4. The van der Waals surface area contributed by atoms with E-state index in [9.17, 15) is 9.90 Å². The van der Waals surface area contributed by atoms with E-state index in [4.69, 9.17) is 0 Å². The molecule has 21 heavy (non-hydrogen) atoms. The highest BCUT2D eigenvalue weighted by Crippen LogP contribution is 2.27. The number of nitrogens with zero attached hydrogens (tertiary/aromatic N) is 2. The van der Waals surface area contributed by atoms with Gasteiger partial charge in [-0.05, 0) is 38.3 Å². The molecule has 0 radical (unpaired) electrons. The molecular weight excluding hydrogens is 286 g/mol. The highest BCUT2D eigenvalue weighted by atomic mass is 32.1. The molecule has 1 aliphatic rings. The van der Waals surface area contributed by atoms with Crippen LogP contribution in [-0.4, -0.2) is 32.2 Å². The van der Waals surface area contributed by atoms with Crippen LogP contribution < -0.4 is 5.69 Å². The Bertz CT molecular complexity index is 795. The normalized spacial score (nSPS) is 14.9. The Hall–Kier alpha value is -1.81. The van der Waals surface area contributed by atoms with Crippen molar-refractivity contribution in [2.75, 3.05) is 7.05 Å². The smallest absolute Gasteiger partial charge is 0.331 e. The van der Waals surface area contributed by atoms with Gasteiger partial charge in [-0.2, -0.15) is 0 Å². The average Bonchev–Trinajstić information content (AvgIpc) is 2.88. The number of thiophene rings is 1. The number of nitrogens with one attached hydrogen (secondary N) is 1. The van der Waals surface area contributed by atoms with Gasteiger partial charge < -0.3 is 5.11 Å². The number of aliphatic hydroxyl groups is 1. The van der Waals surface area contributed by atoms with Gasteiger partial charge in [0, 0.05) is 18.0 Å².